The summed E-state index contributed by atoms with van der Waals surface area (Å²) in [5, 5.41) is 5.09. The van der Waals surface area contributed by atoms with Crippen LogP contribution in [0.15, 0.2) is 40.6 Å². The SMILES string of the molecule is COC(=O)c1cc(S(N)(=O)=O)sc1-c1ccccc1. The van der Waals surface area contributed by atoms with Crippen LogP contribution in [-0.2, 0) is 14.8 Å². The summed E-state index contributed by atoms with van der Waals surface area (Å²) in [6, 6.07) is 10.2. The number of carbonyl (C=O) groups is 1. The number of nitrogens with two attached hydrogens (primary N) is 1. The summed E-state index contributed by atoms with van der Waals surface area (Å²) in [6.07, 6.45) is 0. The van der Waals surface area contributed by atoms with Gasteiger partial charge in [0.2, 0.25) is 10.0 Å². The number of rotatable bonds is 3. The van der Waals surface area contributed by atoms with Crippen molar-refractivity contribution in [3.05, 3.63) is 42.0 Å². The maximum atomic E-state index is 11.7. The molecule has 0 unspecified atom stereocenters. The highest BCUT2D eigenvalue weighted by Gasteiger charge is 2.22. The van der Waals surface area contributed by atoms with Crippen LogP contribution in [0.5, 0.6) is 0 Å². The van der Waals surface area contributed by atoms with Crippen molar-refractivity contribution in [3.8, 4) is 10.4 Å². The number of benzene rings is 1. The summed E-state index contributed by atoms with van der Waals surface area (Å²) in [7, 11) is -2.60. The molecule has 0 atom stereocenters. The third kappa shape index (κ3) is 2.83. The van der Waals surface area contributed by atoms with Crippen LogP contribution >= 0.6 is 11.3 Å². The van der Waals surface area contributed by atoms with E-state index in [1.54, 1.807) is 24.3 Å². The molecule has 1 aromatic heterocycles. The fourth-order valence-electron chi connectivity index (χ4n) is 1.57. The van der Waals surface area contributed by atoms with Gasteiger partial charge in [0.15, 0.2) is 0 Å². The van der Waals surface area contributed by atoms with E-state index in [0.717, 1.165) is 16.9 Å². The van der Waals surface area contributed by atoms with Crippen molar-refractivity contribution in [1.29, 1.82) is 0 Å². The van der Waals surface area contributed by atoms with Gasteiger partial charge in [-0.1, -0.05) is 30.3 Å². The van der Waals surface area contributed by atoms with Gasteiger partial charge in [-0.15, -0.1) is 11.3 Å². The largest absolute Gasteiger partial charge is 0.465 e. The third-order valence-electron chi connectivity index (χ3n) is 2.43. The lowest BCUT2D eigenvalue weighted by Crippen LogP contribution is -2.10. The van der Waals surface area contributed by atoms with E-state index >= 15 is 0 Å². The Hall–Kier alpha value is -1.70. The maximum absolute atomic E-state index is 11.7. The van der Waals surface area contributed by atoms with E-state index in [-0.39, 0.29) is 9.77 Å². The molecule has 2 rings (SSSR count). The minimum atomic E-state index is -3.84. The molecule has 0 amide bonds. The lowest BCUT2D eigenvalue weighted by molar-refractivity contribution is 0.0602. The highest BCUT2D eigenvalue weighted by Crippen LogP contribution is 2.34. The molecule has 7 heteroatoms. The molecule has 0 bridgehead atoms. The van der Waals surface area contributed by atoms with Crippen LogP contribution in [0.25, 0.3) is 10.4 Å². The van der Waals surface area contributed by atoms with E-state index in [9.17, 15) is 13.2 Å². The van der Waals surface area contributed by atoms with E-state index in [4.69, 9.17) is 5.14 Å². The number of hydrogen-bond donors (Lipinski definition) is 1. The maximum Gasteiger partial charge on any atom is 0.339 e. The molecule has 0 aliphatic carbocycles. The number of esters is 1. The van der Waals surface area contributed by atoms with E-state index < -0.39 is 16.0 Å². The van der Waals surface area contributed by atoms with Gasteiger partial charge >= 0.3 is 5.97 Å². The van der Waals surface area contributed by atoms with Gasteiger partial charge in [0, 0.05) is 0 Å². The van der Waals surface area contributed by atoms with Gasteiger partial charge in [-0.2, -0.15) is 0 Å². The molecule has 2 N–H and O–H groups in total. The van der Waals surface area contributed by atoms with Crippen molar-refractivity contribution >= 4 is 27.3 Å². The topological polar surface area (TPSA) is 86.5 Å². The zero-order chi connectivity index (χ0) is 14.0. The summed E-state index contributed by atoms with van der Waals surface area (Å²) < 4.78 is 27.3. The van der Waals surface area contributed by atoms with Crippen LogP contribution in [-0.4, -0.2) is 21.5 Å². The summed E-state index contributed by atoms with van der Waals surface area (Å²) >= 11 is 0.949. The van der Waals surface area contributed by atoms with Gasteiger partial charge in [0.05, 0.1) is 17.6 Å². The Morgan fingerprint density at radius 1 is 1.26 bits per heavy atom. The Kier molecular flexibility index (Phi) is 3.70. The number of ether oxygens (including phenoxy) is 1. The second-order valence-corrected chi connectivity index (χ2v) is 6.55. The molecular weight excluding hydrogens is 286 g/mol. The quantitative estimate of drug-likeness (QED) is 0.876. The minimum absolute atomic E-state index is 0.0632. The number of sulfonamides is 1. The Labute approximate surface area is 114 Å². The zero-order valence-corrected chi connectivity index (χ0v) is 11.6. The highest BCUT2D eigenvalue weighted by atomic mass is 32.2. The van der Waals surface area contributed by atoms with Crippen LogP contribution in [0, 0.1) is 0 Å². The summed E-state index contributed by atoms with van der Waals surface area (Å²) in [4.78, 5) is 12.2. The van der Waals surface area contributed by atoms with Crippen LogP contribution in [0.4, 0.5) is 0 Å². The van der Waals surface area contributed by atoms with Crippen LogP contribution in [0.2, 0.25) is 0 Å². The van der Waals surface area contributed by atoms with Crippen molar-refractivity contribution in [2.45, 2.75) is 4.21 Å². The average molecular weight is 297 g/mol. The van der Waals surface area contributed by atoms with Gasteiger partial charge < -0.3 is 4.74 Å². The van der Waals surface area contributed by atoms with E-state index in [2.05, 4.69) is 4.74 Å². The molecule has 0 aliphatic heterocycles. The van der Waals surface area contributed by atoms with Crippen molar-refractivity contribution in [3.63, 3.8) is 0 Å². The third-order valence-corrected chi connectivity index (χ3v) is 5.04. The number of hydrogen-bond acceptors (Lipinski definition) is 5. The number of carbonyl (C=O) groups excluding carboxylic acids is 1. The van der Waals surface area contributed by atoms with E-state index in [0.29, 0.717) is 4.88 Å². The van der Waals surface area contributed by atoms with Gasteiger partial charge in [-0.25, -0.2) is 18.4 Å². The first-order valence-corrected chi connectivity index (χ1v) is 7.60. The molecule has 19 heavy (non-hydrogen) atoms. The molecule has 0 aliphatic rings. The van der Waals surface area contributed by atoms with Gasteiger partial charge in [-0.05, 0) is 11.6 Å². The standard InChI is InChI=1S/C12H11NO4S2/c1-17-12(14)9-7-10(19(13,15)16)18-11(9)8-5-3-2-4-6-8/h2-7H,1H3,(H2,13,15,16). The Balaban J connectivity index is 2.65. The molecule has 0 radical (unpaired) electrons. The predicted molar refractivity (Wildman–Crippen MR) is 72.5 cm³/mol. The Morgan fingerprint density at radius 2 is 1.89 bits per heavy atom. The molecule has 100 valence electrons. The number of thiophene rings is 1. The van der Waals surface area contributed by atoms with E-state index in [1.165, 1.54) is 13.2 Å². The van der Waals surface area contributed by atoms with Crippen molar-refractivity contribution in [1.82, 2.24) is 0 Å². The van der Waals surface area contributed by atoms with Crippen LogP contribution < -0.4 is 5.14 Å². The molecule has 1 aromatic carbocycles. The predicted octanol–water partition coefficient (Wildman–Crippen LogP) is 1.85. The average Bonchev–Trinajstić information content (AvgIpc) is 2.83. The van der Waals surface area contributed by atoms with Crippen LogP contribution in [0.3, 0.4) is 0 Å². The van der Waals surface area contributed by atoms with Crippen LogP contribution in [0.1, 0.15) is 10.4 Å². The summed E-state index contributed by atoms with van der Waals surface area (Å²) in [5.41, 5.74) is 0.936. The van der Waals surface area contributed by atoms with Crippen molar-refractivity contribution in [2.24, 2.45) is 5.14 Å². The molecule has 0 fully saturated rings. The minimum Gasteiger partial charge on any atom is -0.465 e. The van der Waals surface area contributed by atoms with Gasteiger partial charge in [0.1, 0.15) is 4.21 Å². The number of primary sulfonamides is 1. The fraction of sp³-hybridized carbons (Fsp3) is 0.0833. The first kappa shape index (κ1) is 13.7. The molecular formula is C12H11NO4S2. The Bertz CT molecular complexity index is 705. The molecule has 2 aromatic rings. The molecule has 0 saturated carbocycles. The van der Waals surface area contributed by atoms with Gasteiger partial charge in [0.25, 0.3) is 0 Å². The number of methoxy groups -OCH3 is 1. The van der Waals surface area contributed by atoms with E-state index in [1.807, 2.05) is 6.07 Å². The zero-order valence-electron chi connectivity index (χ0n) is 9.99. The smallest absolute Gasteiger partial charge is 0.339 e. The van der Waals surface area contributed by atoms with Crippen molar-refractivity contribution in [2.75, 3.05) is 7.11 Å². The monoisotopic (exact) mass is 297 g/mol. The highest BCUT2D eigenvalue weighted by molar-refractivity contribution is 7.91. The second kappa shape index (κ2) is 5.12. The first-order chi connectivity index (χ1) is 8.93. The fourth-order valence-corrected chi connectivity index (χ4v) is 3.46. The lowest BCUT2D eigenvalue weighted by atomic mass is 10.1. The molecule has 0 spiro atoms. The van der Waals surface area contributed by atoms with Gasteiger partial charge in [-0.3, -0.25) is 0 Å². The summed E-state index contributed by atoms with van der Waals surface area (Å²) in [6.45, 7) is 0. The Morgan fingerprint density at radius 3 is 2.42 bits per heavy atom. The second-order valence-electron chi connectivity index (χ2n) is 3.71. The normalized spacial score (nSPS) is 11.3. The molecule has 0 saturated heterocycles. The molecule has 1 heterocycles. The summed E-state index contributed by atoms with van der Waals surface area (Å²) in [5.74, 6) is -0.593. The van der Waals surface area contributed by atoms with Crippen molar-refractivity contribution < 1.29 is 17.9 Å². The lowest BCUT2D eigenvalue weighted by Gasteiger charge is -2.01. The molecule has 5 nitrogen and oxygen atoms in total. The first-order valence-electron chi connectivity index (χ1n) is 5.24.